The number of morpholine rings is 1. The minimum atomic E-state index is -0.662. The SMILES string of the molecule is C=C1COC(C2=NCC(c3ccncn3)=C2)C(=O)N1. The number of carbonyl (C=O) groups excluding carboxylic acids is 1. The molecule has 1 aromatic rings. The molecule has 2 aliphatic heterocycles. The third-order valence-electron chi connectivity index (χ3n) is 2.90. The van der Waals surface area contributed by atoms with E-state index in [4.69, 9.17) is 4.74 Å². The van der Waals surface area contributed by atoms with Crippen LogP contribution in [0.4, 0.5) is 0 Å². The van der Waals surface area contributed by atoms with E-state index in [1.165, 1.54) is 6.33 Å². The van der Waals surface area contributed by atoms with Gasteiger partial charge in [0.15, 0.2) is 6.10 Å². The number of rotatable bonds is 2. The van der Waals surface area contributed by atoms with Crippen LogP contribution in [0.25, 0.3) is 5.57 Å². The molecule has 0 spiro atoms. The van der Waals surface area contributed by atoms with Crippen LogP contribution in [0, 0.1) is 0 Å². The molecule has 3 heterocycles. The van der Waals surface area contributed by atoms with Crippen molar-refractivity contribution in [2.45, 2.75) is 6.10 Å². The van der Waals surface area contributed by atoms with Gasteiger partial charge in [0.25, 0.3) is 5.91 Å². The number of hydrogen-bond acceptors (Lipinski definition) is 5. The highest BCUT2D eigenvalue weighted by Gasteiger charge is 2.30. The molecular formula is C13H12N4O2. The summed E-state index contributed by atoms with van der Waals surface area (Å²) in [5.74, 6) is -0.227. The van der Waals surface area contributed by atoms with Crippen molar-refractivity contribution >= 4 is 17.2 Å². The van der Waals surface area contributed by atoms with Gasteiger partial charge in [0.1, 0.15) is 6.33 Å². The number of nitrogens with one attached hydrogen (secondary N) is 1. The zero-order valence-corrected chi connectivity index (χ0v) is 10.2. The molecule has 0 aliphatic carbocycles. The number of amides is 1. The Morgan fingerprint density at radius 3 is 3.11 bits per heavy atom. The fourth-order valence-electron chi connectivity index (χ4n) is 2.00. The Morgan fingerprint density at radius 2 is 2.37 bits per heavy atom. The molecule has 1 saturated heterocycles. The molecule has 1 aromatic heterocycles. The molecule has 1 N–H and O–H groups in total. The fourth-order valence-corrected chi connectivity index (χ4v) is 2.00. The summed E-state index contributed by atoms with van der Waals surface area (Å²) in [4.78, 5) is 24.2. The highest BCUT2D eigenvalue weighted by atomic mass is 16.5. The van der Waals surface area contributed by atoms with E-state index < -0.39 is 6.10 Å². The lowest BCUT2D eigenvalue weighted by Crippen LogP contribution is -2.46. The average molecular weight is 256 g/mol. The minimum absolute atomic E-state index is 0.227. The summed E-state index contributed by atoms with van der Waals surface area (Å²) in [5.41, 5.74) is 2.96. The first kappa shape index (κ1) is 11.7. The standard InChI is InChI=1S/C13H12N4O2/c1-8-6-19-12(13(18)17-8)11-4-9(5-15-11)10-2-3-14-7-16-10/h2-4,7,12H,1,5-6H2,(H,17,18). The number of ether oxygens (including phenoxy) is 1. The lowest BCUT2D eigenvalue weighted by Gasteiger charge is -2.23. The Morgan fingerprint density at radius 1 is 1.47 bits per heavy atom. The Labute approximate surface area is 109 Å². The molecule has 6 nitrogen and oxygen atoms in total. The molecule has 1 fully saturated rings. The molecule has 96 valence electrons. The van der Waals surface area contributed by atoms with Gasteiger partial charge >= 0.3 is 0 Å². The summed E-state index contributed by atoms with van der Waals surface area (Å²) >= 11 is 0. The highest BCUT2D eigenvalue weighted by molar-refractivity contribution is 6.17. The Kier molecular flexibility index (Phi) is 2.92. The second-order valence-electron chi connectivity index (χ2n) is 4.29. The summed E-state index contributed by atoms with van der Waals surface area (Å²) < 4.78 is 5.45. The van der Waals surface area contributed by atoms with Gasteiger partial charge in [-0.2, -0.15) is 0 Å². The van der Waals surface area contributed by atoms with Crippen molar-refractivity contribution in [3.8, 4) is 0 Å². The molecule has 0 bridgehead atoms. The van der Waals surface area contributed by atoms with Gasteiger partial charge in [0.05, 0.1) is 24.6 Å². The molecule has 0 radical (unpaired) electrons. The summed E-state index contributed by atoms with van der Waals surface area (Å²) in [5, 5.41) is 2.67. The Bertz CT molecular complexity index is 592. The van der Waals surface area contributed by atoms with Crippen LogP contribution in [-0.2, 0) is 9.53 Å². The van der Waals surface area contributed by atoms with Crippen molar-refractivity contribution in [3.05, 3.63) is 42.6 Å². The van der Waals surface area contributed by atoms with Crippen LogP contribution in [0.15, 0.2) is 41.9 Å². The van der Waals surface area contributed by atoms with Crippen molar-refractivity contribution < 1.29 is 9.53 Å². The Balaban J connectivity index is 1.79. The van der Waals surface area contributed by atoms with Crippen LogP contribution in [-0.4, -0.2) is 40.8 Å². The smallest absolute Gasteiger partial charge is 0.259 e. The third-order valence-corrected chi connectivity index (χ3v) is 2.90. The van der Waals surface area contributed by atoms with Crippen LogP contribution in [0.2, 0.25) is 0 Å². The zero-order valence-electron chi connectivity index (χ0n) is 10.2. The first-order chi connectivity index (χ1) is 9.24. The molecule has 6 heteroatoms. The van der Waals surface area contributed by atoms with Gasteiger partial charge in [-0.1, -0.05) is 6.58 Å². The van der Waals surface area contributed by atoms with E-state index in [1.54, 1.807) is 6.20 Å². The molecule has 1 atom stereocenters. The number of aromatic nitrogens is 2. The van der Waals surface area contributed by atoms with Crippen molar-refractivity contribution in [3.63, 3.8) is 0 Å². The summed E-state index contributed by atoms with van der Waals surface area (Å²) in [6, 6.07) is 1.81. The largest absolute Gasteiger partial charge is 0.356 e. The van der Waals surface area contributed by atoms with Gasteiger partial charge in [-0.25, -0.2) is 9.97 Å². The molecule has 0 saturated carbocycles. The van der Waals surface area contributed by atoms with E-state index in [9.17, 15) is 4.79 Å². The van der Waals surface area contributed by atoms with E-state index >= 15 is 0 Å². The number of aliphatic imine (C=N–C) groups is 1. The van der Waals surface area contributed by atoms with Crippen LogP contribution in [0.5, 0.6) is 0 Å². The fraction of sp³-hybridized carbons (Fsp3) is 0.231. The van der Waals surface area contributed by atoms with Crippen LogP contribution < -0.4 is 5.32 Å². The molecule has 3 rings (SSSR count). The van der Waals surface area contributed by atoms with Crippen LogP contribution >= 0.6 is 0 Å². The molecule has 0 aromatic carbocycles. The minimum Gasteiger partial charge on any atom is -0.356 e. The zero-order chi connectivity index (χ0) is 13.2. The van der Waals surface area contributed by atoms with E-state index in [-0.39, 0.29) is 5.91 Å². The number of carbonyl (C=O) groups is 1. The predicted octanol–water partition coefficient (Wildman–Crippen LogP) is 0.343. The molecule has 19 heavy (non-hydrogen) atoms. The van der Waals surface area contributed by atoms with Gasteiger partial charge in [0, 0.05) is 17.5 Å². The number of hydrogen-bond donors (Lipinski definition) is 1. The van der Waals surface area contributed by atoms with E-state index in [1.807, 2.05) is 12.1 Å². The first-order valence-corrected chi connectivity index (χ1v) is 5.85. The van der Waals surface area contributed by atoms with Gasteiger partial charge in [-0.3, -0.25) is 9.79 Å². The normalized spacial score (nSPS) is 22.8. The monoisotopic (exact) mass is 256 g/mol. The highest BCUT2D eigenvalue weighted by Crippen LogP contribution is 2.19. The third kappa shape index (κ3) is 2.30. The Hall–Kier alpha value is -2.34. The van der Waals surface area contributed by atoms with Crippen molar-refractivity contribution in [2.75, 3.05) is 13.2 Å². The van der Waals surface area contributed by atoms with Gasteiger partial charge < -0.3 is 10.1 Å². The quantitative estimate of drug-likeness (QED) is 0.828. The maximum atomic E-state index is 11.8. The van der Waals surface area contributed by atoms with E-state index in [0.29, 0.717) is 24.6 Å². The van der Waals surface area contributed by atoms with Gasteiger partial charge in [0.2, 0.25) is 0 Å². The molecular weight excluding hydrogens is 244 g/mol. The van der Waals surface area contributed by atoms with Crippen molar-refractivity contribution in [2.24, 2.45) is 4.99 Å². The molecule has 1 amide bonds. The summed E-state index contributed by atoms with van der Waals surface area (Å²) in [7, 11) is 0. The van der Waals surface area contributed by atoms with Crippen molar-refractivity contribution in [1.29, 1.82) is 0 Å². The van der Waals surface area contributed by atoms with Gasteiger partial charge in [-0.05, 0) is 12.1 Å². The maximum absolute atomic E-state index is 11.8. The van der Waals surface area contributed by atoms with Crippen LogP contribution in [0.1, 0.15) is 5.69 Å². The lowest BCUT2D eigenvalue weighted by atomic mass is 10.1. The summed E-state index contributed by atoms with van der Waals surface area (Å²) in [6.45, 7) is 4.47. The first-order valence-electron chi connectivity index (χ1n) is 5.85. The molecule has 1 unspecified atom stereocenters. The lowest BCUT2D eigenvalue weighted by molar-refractivity contribution is -0.130. The second kappa shape index (κ2) is 4.74. The number of nitrogens with zero attached hydrogens (tertiary/aromatic N) is 3. The molecule has 2 aliphatic rings. The maximum Gasteiger partial charge on any atom is 0.259 e. The average Bonchev–Trinajstić information content (AvgIpc) is 2.89. The van der Waals surface area contributed by atoms with E-state index in [2.05, 4.69) is 26.9 Å². The predicted molar refractivity (Wildman–Crippen MR) is 69.3 cm³/mol. The van der Waals surface area contributed by atoms with E-state index in [0.717, 1.165) is 11.3 Å². The van der Waals surface area contributed by atoms with Crippen LogP contribution in [0.3, 0.4) is 0 Å². The second-order valence-corrected chi connectivity index (χ2v) is 4.29. The summed E-state index contributed by atoms with van der Waals surface area (Å²) in [6.07, 6.45) is 4.35. The topological polar surface area (TPSA) is 76.5 Å². The van der Waals surface area contributed by atoms with Gasteiger partial charge in [-0.15, -0.1) is 0 Å². The van der Waals surface area contributed by atoms with Crippen molar-refractivity contribution in [1.82, 2.24) is 15.3 Å².